The van der Waals surface area contributed by atoms with Gasteiger partial charge in [-0.15, -0.1) is 0 Å². The van der Waals surface area contributed by atoms with E-state index in [4.69, 9.17) is 4.74 Å². The molecule has 2 aromatic rings. The van der Waals surface area contributed by atoms with Crippen molar-refractivity contribution < 1.29 is 4.74 Å². The minimum absolute atomic E-state index is 0.0805. The van der Waals surface area contributed by atoms with E-state index in [1.165, 1.54) is 30.2 Å². The normalized spacial score (nSPS) is 19.5. The van der Waals surface area contributed by atoms with Gasteiger partial charge in [0.15, 0.2) is 0 Å². The molecule has 1 aromatic heterocycles. The summed E-state index contributed by atoms with van der Waals surface area (Å²) in [5.74, 6) is 0. The topological polar surface area (TPSA) is 34.2 Å². The molecule has 1 unspecified atom stereocenters. The van der Waals surface area contributed by atoms with Crippen LogP contribution in [0.5, 0.6) is 0 Å². The molecule has 1 aliphatic carbocycles. The zero-order valence-electron chi connectivity index (χ0n) is 12.9. The molecular weight excluding hydrogens is 260 g/mol. The van der Waals surface area contributed by atoms with Crippen molar-refractivity contribution in [2.45, 2.75) is 43.7 Å². The number of methoxy groups -OCH3 is 1. The van der Waals surface area contributed by atoms with Crippen LogP contribution in [-0.4, -0.2) is 24.7 Å². The Bertz CT molecular complexity index is 605. The Morgan fingerprint density at radius 2 is 2.00 bits per heavy atom. The fraction of sp³-hybridized carbons (Fsp3) is 0.500. The van der Waals surface area contributed by atoms with Gasteiger partial charge < -0.3 is 10.1 Å². The highest BCUT2D eigenvalue weighted by molar-refractivity contribution is 5.79. The Kier molecular flexibility index (Phi) is 4.22. The van der Waals surface area contributed by atoms with Gasteiger partial charge in [-0.25, -0.2) is 0 Å². The Hall–Kier alpha value is -1.45. The molecule has 1 fully saturated rings. The summed E-state index contributed by atoms with van der Waals surface area (Å²) in [7, 11) is 3.89. The lowest BCUT2D eigenvalue weighted by Gasteiger charge is -2.42. The fourth-order valence-electron chi connectivity index (χ4n) is 3.77. The quantitative estimate of drug-likeness (QED) is 0.926. The smallest absolute Gasteiger partial charge is 0.0872 e. The van der Waals surface area contributed by atoms with Gasteiger partial charge in [-0.3, -0.25) is 4.98 Å². The molecule has 3 heteroatoms. The third kappa shape index (κ3) is 2.68. The fourth-order valence-corrected chi connectivity index (χ4v) is 3.77. The Morgan fingerprint density at radius 3 is 2.71 bits per heavy atom. The van der Waals surface area contributed by atoms with E-state index in [1.54, 1.807) is 0 Å². The number of pyridine rings is 1. The first-order valence-corrected chi connectivity index (χ1v) is 7.86. The molecule has 1 saturated carbocycles. The molecule has 1 aromatic carbocycles. The summed E-state index contributed by atoms with van der Waals surface area (Å²) < 4.78 is 6.02. The maximum absolute atomic E-state index is 6.02. The van der Waals surface area contributed by atoms with Crippen LogP contribution in [0.2, 0.25) is 0 Å². The second-order valence-electron chi connectivity index (χ2n) is 6.01. The first-order valence-electron chi connectivity index (χ1n) is 7.86. The lowest BCUT2D eigenvalue weighted by Crippen LogP contribution is -2.46. The van der Waals surface area contributed by atoms with Crippen molar-refractivity contribution >= 4 is 10.9 Å². The number of rotatable bonds is 4. The van der Waals surface area contributed by atoms with Gasteiger partial charge in [0.25, 0.3) is 0 Å². The highest BCUT2D eigenvalue weighted by Crippen LogP contribution is 2.41. The molecule has 3 nitrogen and oxygen atoms in total. The zero-order valence-corrected chi connectivity index (χ0v) is 12.9. The average molecular weight is 284 g/mol. The molecule has 0 radical (unpaired) electrons. The molecule has 0 aliphatic heterocycles. The van der Waals surface area contributed by atoms with Crippen LogP contribution in [0.1, 0.15) is 43.7 Å². The Balaban J connectivity index is 2.00. The van der Waals surface area contributed by atoms with Crippen LogP contribution in [0.4, 0.5) is 0 Å². The molecule has 1 heterocycles. The minimum Gasteiger partial charge on any atom is -0.376 e. The number of nitrogens with zero attached hydrogens (tertiary/aromatic N) is 1. The SMILES string of the molecule is CNC(c1ccc2ncccc2c1)C1(OC)CCCCC1. The molecule has 0 bridgehead atoms. The summed E-state index contributed by atoms with van der Waals surface area (Å²) in [6.45, 7) is 0. The van der Waals surface area contributed by atoms with Crippen molar-refractivity contribution in [2.24, 2.45) is 0 Å². The van der Waals surface area contributed by atoms with Crippen LogP contribution in [0, 0.1) is 0 Å². The molecule has 3 rings (SSSR count). The summed E-state index contributed by atoms with van der Waals surface area (Å²) in [5.41, 5.74) is 2.26. The number of benzene rings is 1. The number of hydrogen-bond donors (Lipinski definition) is 1. The average Bonchev–Trinajstić information content (AvgIpc) is 2.56. The van der Waals surface area contributed by atoms with E-state index in [0.717, 1.165) is 18.4 Å². The number of fused-ring (bicyclic) bond motifs is 1. The number of nitrogens with one attached hydrogen (secondary N) is 1. The lowest BCUT2D eigenvalue weighted by molar-refractivity contribution is -0.0671. The molecular formula is C18H24N2O. The number of hydrogen-bond acceptors (Lipinski definition) is 3. The summed E-state index contributed by atoms with van der Waals surface area (Å²) in [4.78, 5) is 4.41. The number of aromatic nitrogens is 1. The van der Waals surface area contributed by atoms with E-state index in [9.17, 15) is 0 Å². The maximum Gasteiger partial charge on any atom is 0.0872 e. The summed E-state index contributed by atoms with van der Waals surface area (Å²) in [6.07, 6.45) is 7.92. The molecule has 0 spiro atoms. The highest BCUT2D eigenvalue weighted by Gasteiger charge is 2.40. The molecule has 1 aliphatic rings. The predicted octanol–water partition coefficient (Wildman–Crippen LogP) is 3.84. The molecule has 1 N–H and O–H groups in total. The molecule has 1 atom stereocenters. The van der Waals surface area contributed by atoms with Gasteiger partial charge >= 0.3 is 0 Å². The predicted molar refractivity (Wildman–Crippen MR) is 86.4 cm³/mol. The van der Waals surface area contributed by atoms with Crippen molar-refractivity contribution in [1.82, 2.24) is 10.3 Å². The third-order valence-corrected chi connectivity index (χ3v) is 4.88. The van der Waals surface area contributed by atoms with Crippen molar-refractivity contribution in [2.75, 3.05) is 14.2 Å². The van der Waals surface area contributed by atoms with Gasteiger partial charge in [0.2, 0.25) is 0 Å². The van der Waals surface area contributed by atoms with Crippen LogP contribution >= 0.6 is 0 Å². The monoisotopic (exact) mass is 284 g/mol. The van der Waals surface area contributed by atoms with E-state index in [2.05, 4.69) is 34.6 Å². The van der Waals surface area contributed by atoms with Crippen LogP contribution in [0.15, 0.2) is 36.5 Å². The largest absolute Gasteiger partial charge is 0.376 e. The molecule has 21 heavy (non-hydrogen) atoms. The van der Waals surface area contributed by atoms with E-state index >= 15 is 0 Å². The van der Waals surface area contributed by atoms with E-state index in [1.807, 2.05) is 26.4 Å². The van der Waals surface area contributed by atoms with E-state index in [-0.39, 0.29) is 11.6 Å². The van der Waals surface area contributed by atoms with Crippen LogP contribution < -0.4 is 5.32 Å². The second kappa shape index (κ2) is 6.12. The summed E-state index contributed by atoms with van der Waals surface area (Å²) in [6, 6.07) is 10.9. The van der Waals surface area contributed by atoms with Gasteiger partial charge in [0, 0.05) is 18.7 Å². The van der Waals surface area contributed by atoms with Crippen LogP contribution in [-0.2, 0) is 4.74 Å². The van der Waals surface area contributed by atoms with E-state index < -0.39 is 0 Å². The Morgan fingerprint density at radius 1 is 1.19 bits per heavy atom. The first kappa shape index (κ1) is 14.5. The van der Waals surface area contributed by atoms with Crippen molar-refractivity contribution in [3.8, 4) is 0 Å². The molecule has 0 amide bonds. The standard InChI is InChI=1S/C18H24N2O/c1-19-17(18(21-2)10-4-3-5-11-18)15-8-9-16-14(13-15)7-6-12-20-16/h6-9,12-13,17,19H,3-5,10-11H2,1-2H3. The lowest BCUT2D eigenvalue weighted by atomic mass is 9.76. The van der Waals surface area contributed by atoms with Gasteiger partial charge in [-0.05, 0) is 43.7 Å². The van der Waals surface area contributed by atoms with E-state index in [0.29, 0.717) is 0 Å². The van der Waals surface area contributed by atoms with Gasteiger partial charge in [-0.1, -0.05) is 31.4 Å². The first-order chi connectivity index (χ1) is 10.3. The second-order valence-corrected chi connectivity index (χ2v) is 6.01. The Labute approximate surface area is 126 Å². The summed E-state index contributed by atoms with van der Waals surface area (Å²) in [5, 5.41) is 4.69. The van der Waals surface area contributed by atoms with Crippen molar-refractivity contribution in [1.29, 1.82) is 0 Å². The van der Waals surface area contributed by atoms with Crippen LogP contribution in [0.25, 0.3) is 10.9 Å². The van der Waals surface area contributed by atoms with Gasteiger partial charge in [-0.2, -0.15) is 0 Å². The maximum atomic E-state index is 6.02. The van der Waals surface area contributed by atoms with Crippen molar-refractivity contribution in [3.05, 3.63) is 42.1 Å². The third-order valence-electron chi connectivity index (χ3n) is 4.88. The van der Waals surface area contributed by atoms with Crippen LogP contribution in [0.3, 0.4) is 0 Å². The number of ether oxygens (including phenoxy) is 1. The molecule has 0 saturated heterocycles. The number of likely N-dealkylation sites (N-methyl/N-ethyl adjacent to an activating group) is 1. The van der Waals surface area contributed by atoms with Gasteiger partial charge in [0.1, 0.15) is 0 Å². The summed E-state index contributed by atoms with van der Waals surface area (Å²) >= 11 is 0. The molecule has 112 valence electrons. The minimum atomic E-state index is -0.0805. The highest BCUT2D eigenvalue weighted by atomic mass is 16.5. The van der Waals surface area contributed by atoms with Gasteiger partial charge in [0.05, 0.1) is 17.2 Å². The zero-order chi connectivity index (χ0) is 14.7. The van der Waals surface area contributed by atoms with Crippen molar-refractivity contribution in [3.63, 3.8) is 0 Å².